The summed E-state index contributed by atoms with van der Waals surface area (Å²) in [4.78, 5) is 0. The maximum absolute atomic E-state index is 15.4. The molecule has 0 saturated carbocycles. The number of benzene rings is 2. The van der Waals surface area contributed by atoms with E-state index >= 15 is 4.39 Å². The number of alkyl halides is 1. The van der Waals surface area contributed by atoms with E-state index in [1.807, 2.05) is 42.5 Å². The van der Waals surface area contributed by atoms with Gasteiger partial charge in [-0.05, 0) is 29.2 Å². The maximum Gasteiger partial charge on any atom is 0.159 e. The number of rotatable bonds is 10. The second-order valence-electron chi connectivity index (χ2n) is 7.23. The molecule has 0 N–H and O–H groups in total. The number of hydrogen-bond donors (Lipinski definition) is 0. The zero-order valence-corrected chi connectivity index (χ0v) is 16.4. The summed E-state index contributed by atoms with van der Waals surface area (Å²) in [5.41, 5.74) is 0.890. The molecule has 3 rings (SSSR count). The molecule has 1 saturated heterocycles. The van der Waals surface area contributed by atoms with E-state index in [-0.39, 0.29) is 6.10 Å². The van der Waals surface area contributed by atoms with E-state index in [0.717, 1.165) is 42.0 Å². The summed E-state index contributed by atoms with van der Waals surface area (Å²) in [5, 5.41) is 2.13. The van der Waals surface area contributed by atoms with Crippen molar-refractivity contribution in [2.24, 2.45) is 0 Å². The normalized spacial score (nSPS) is 25.3. The number of halogens is 1. The second-order valence-corrected chi connectivity index (χ2v) is 7.23. The molecule has 27 heavy (non-hydrogen) atoms. The monoisotopic (exact) mass is 374 g/mol. The van der Waals surface area contributed by atoms with E-state index in [2.05, 4.69) is 13.8 Å². The fourth-order valence-electron chi connectivity index (χ4n) is 3.60. The Morgan fingerprint density at radius 1 is 0.963 bits per heavy atom. The lowest BCUT2D eigenvalue weighted by Gasteiger charge is -2.20. The highest BCUT2D eigenvalue weighted by molar-refractivity contribution is 5.86. The van der Waals surface area contributed by atoms with Crippen molar-refractivity contribution < 1.29 is 18.6 Å². The first-order chi connectivity index (χ1) is 13.3. The van der Waals surface area contributed by atoms with Gasteiger partial charge in [-0.3, -0.25) is 0 Å². The van der Waals surface area contributed by atoms with E-state index in [0.29, 0.717) is 19.8 Å². The number of fused-ring (bicyclic) bond motifs is 1. The van der Waals surface area contributed by atoms with Gasteiger partial charge in [-0.1, -0.05) is 69.2 Å². The highest BCUT2D eigenvalue weighted by Crippen LogP contribution is 2.40. The molecule has 0 unspecified atom stereocenters. The van der Waals surface area contributed by atoms with Crippen LogP contribution in [0, 0.1) is 0 Å². The first-order valence-corrected chi connectivity index (χ1v) is 10.2. The first-order valence-electron chi connectivity index (χ1n) is 10.2. The van der Waals surface area contributed by atoms with Gasteiger partial charge in [-0.15, -0.1) is 0 Å². The summed E-state index contributed by atoms with van der Waals surface area (Å²) in [7, 11) is 0. The molecule has 1 aliphatic heterocycles. The molecule has 2 aromatic carbocycles. The van der Waals surface area contributed by atoms with Crippen LogP contribution in [-0.2, 0) is 14.2 Å². The van der Waals surface area contributed by atoms with Crippen LogP contribution in [0.2, 0.25) is 0 Å². The number of ether oxygens (including phenoxy) is 3. The third-order valence-corrected chi connectivity index (χ3v) is 5.15. The predicted octanol–water partition coefficient (Wildman–Crippen LogP) is 5.62. The van der Waals surface area contributed by atoms with E-state index in [1.54, 1.807) is 0 Å². The molecule has 1 heterocycles. The zero-order chi connectivity index (χ0) is 19.1. The highest BCUT2D eigenvalue weighted by atomic mass is 19.1. The number of hydrogen-bond acceptors (Lipinski definition) is 3. The Balaban J connectivity index is 1.78. The summed E-state index contributed by atoms with van der Waals surface area (Å²) in [6.07, 6.45) is 1.24. The molecule has 0 aliphatic carbocycles. The minimum absolute atomic E-state index is 0.373. The van der Waals surface area contributed by atoms with Crippen LogP contribution >= 0.6 is 0 Å². The standard InChI is InChI=1S/C23H31FO3/c1-3-5-14-25-16-20-23(26-15-6-4-2)21(24)22(27-20)19-13-9-11-17-10-7-8-12-18(17)19/h7-13,20-23H,3-6,14-16H2,1-2H3/t20-,21+,22+,23-/m1/s1. The third kappa shape index (κ3) is 4.87. The van der Waals surface area contributed by atoms with Crippen molar-refractivity contribution in [2.75, 3.05) is 19.8 Å². The lowest BCUT2D eigenvalue weighted by molar-refractivity contribution is -0.0666. The molecule has 3 nitrogen and oxygen atoms in total. The molecular formula is C23H31FO3. The molecule has 0 radical (unpaired) electrons. The Kier molecular flexibility index (Phi) is 7.62. The van der Waals surface area contributed by atoms with Gasteiger partial charge < -0.3 is 14.2 Å². The van der Waals surface area contributed by atoms with Crippen molar-refractivity contribution in [3.05, 3.63) is 48.0 Å². The van der Waals surface area contributed by atoms with Crippen molar-refractivity contribution >= 4 is 10.8 Å². The molecule has 0 amide bonds. The SMILES string of the molecule is CCCCOC[C@H]1O[C@@H](c2cccc3ccccc23)[C@H](F)[C@@H]1OCCCC. The van der Waals surface area contributed by atoms with Crippen LogP contribution < -0.4 is 0 Å². The lowest BCUT2D eigenvalue weighted by atomic mass is 9.97. The summed E-state index contributed by atoms with van der Waals surface area (Å²) in [5.74, 6) is 0. The Bertz CT molecular complexity index is 700. The van der Waals surface area contributed by atoms with Gasteiger partial charge in [0.25, 0.3) is 0 Å². The van der Waals surface area contributed by atoms with Crippen molar-refractivity contribution in [1.29, 1.82) is 0 Å². The van der Waals surface area contributed by atoms with Gasteiger partial charge in [0.2, 0.25) is 0 Å². The highest BCUT2D eigenvalue weighted by Gasteiger charge is 2.47. The molecule has 148 valence electrons. The van der Waals surface area contributed by atoms with Crippen molar-refractivity contribution in [3.8, 4) is 0 Å². The quantitative estimate of drug-likeness (QED) is 0.505. The van der Waals surface area contributed by atoms with E-state index < -0.39 is 18.4 Å². The molecule has 4 heteroatoms. The average molecular weight is 374 g/mol. The molecule has 0 aromatic heterocycles. The number of unbranched alkanes of at least 4 members (excludes halogenated alkanes) is 2. The Morgan fingerprint density at radius 2 is 1.70 bits per heavy atom. The third-order valence-electron chi connectivity index (χ3n) is 5.15. The minimum Gasteiger partial charge on any atom is -0.379 e. The van der Waals surface area contributed by atoms with Crippen LogP contribution in [0.4, 0.5) is 4.39 Å². The summed E-state index contributed by atoms with van der Waals surface area (Å²) >= 11 is 0. The smallest absolute Gasteiger partial charge is 0.159 e. The van der Waals surface area contributed by atoms with Gasteiger partial charge in [0.05, 0.1) is 6.61 Å². The van der Waals surface area contributed by atoms with Crippen LogP contribution in [0.5, 0.6) is 0 Å². The lowest BCUT2D eigenvalue weighted by Crippen LogP contribution is -2.34. The van der Waals surface area contributed by atoms with Gasteiger partial charge in [0, 0.05) is 13.2 Å². The maximum atomic E-state index is 15.4. The predicted molar refractivity (Wildman–Crippen MR) is 107 cm³/mol. The average Bonchev–Trinajstić information content (AvgIpc) is 3.01. The molecule has 2 aromatic rings. The molecule has 0 spiro atoms. The zero-order valence-electron chi connectivity index (χ0n) is 16.4. The fourth-order valence-corrected chi connectivity index (χ4v) is 3.60. The van der Waals surface area contributed by atoms with Crippen LogP contribution in [0.15, 0.2) is 42.5 Å². The van der Waals surface area contributed by atoms with Gasteiger partial charge in [-0.25, -0.2) is 4.39 Å². The van der Waals surface area contributed by atoms with E-state index in [4.69, 9.17) is 14.2 Å². The Hall–Kier alpha value is -1.49. The fraction of sp³-hybridized carbons (Fsp3) is 0.565. The van der Waals surface area contributed by atoms with Crippen LogP contribution in [0.3, 0.4) is 0 Å². The van der Waals surface area contributed by atoms with E-state index in [9.17, 15) is 0 Å². The molecule has 0 bridgehead atoms. The summed E-state index contributed by atoms with van der Waals surface area (Å²) in [6.45, 7) is 5.83. The molecule has 1 fully saturated rings. The topological polar surface area (TPSA) is 27.7 Å². The first kappa shape index (κ1) is 20.2. The van der Waals surface area contributed by atoms with Crippen LogP contribution in [0.1, 0.15) is 51.2 Å². The van der Waals surface area contributed by atoms with Gasteiger partial charge in [-0.2, -0.15) is 0 Å². The molecule has 4 atom stereocenters. The minimum atomic E-state index is -1.20. The van der Waals surface area contributed by atoms with Crippen molar-refractivity contribution in [3.63, 3.8) is 0 Å². The van der Waals surface area contributed by atoms with Gasteiger partial charge >= 0.3 is 0 Å². The molecular weight excluding hydrogens is 343 g/mol. The summed E-state index contributed by atoms with van der Waals surface area (Å²) < 4.78 is 33.2. The Labute approximate surface area is 161 Å². The van der Waals surface area contributed by atoms with E-state index in [1.165, 1.54) is 0 Å². The van der Waals surface area contributed by atoms with Gasteiger partial charge in [0.15, 0.2) is 6.17 Å². The van der Waals surface area contributed by atoms with Crippen LogP contribution in [0.25, 0.3) is 10.8 Å². The Morgan fingerprint density at radius 3 is 2.52 bits per heavy atom. The van der Waals surface area contributed by atoms with Crippen molar-refractivity contribution in [1.82, 2.24) is 0 Å². The second kappa shape index (κ2) is 10.2. The largest absolute Gasteiger partial charge is 0.379 e. The van der Waals surface area contributed by atoms with Gasteiger partial charge in [0.1, 0.15) is 18.3 Å². The summed E-state index contributed by atoms with van der Waals surface area (Å²) in [6, 6.07) is 14.0. The van der Waals surface area contributed by atoms with Crippen LogP contribution in [-0.4, -0.2) is 38.2 Å². The van der Waals surface area contributed by atoms with Crippen molar-refractivity contribution in [2.45, 2.75) is 64.0 Å². The molecule has 1 aliphatic rings.